The summed E-state index contributed by atoms with van der Waals surface area (Å²) in [5, 5.41) is 3.29. The lowest BCUT2D eigenvalue weighted by molar-refractivity contribution is -0.126. The molecule has 0 spiro atoms. The van der Waals surface area contributed by atoms with Crippen molar-refractivity contribution in [1.82, 2.24) is 5.32 Å². The molecule has 5 nitrogen and oxygen atoms in total. The van der Waals surface area contributed by atoms with E-state index in [2.05, 4.69) is 5.32 Å². The molecular weight excluding hydrogens is 328 g/mol. The molecule has 6 heteroatoms. The maximum Gasteiger partial charge on any atom is 0.267 e. The Labute approximate surface area is 145 Å². The first-order valence-corrected chi connectivity index (χ1v) is 8.01. The minimum absolute atomic E-state index is 0.120. The van der Waals surface area contributed by atoms with Crippen LogP contribution in [0, 0.1) is 0 Å². The summed E-state index contributed by atoms with van der Waals surface area (Å²) in [7, 11) is 1.72. The highest BCUT2D eigenvalue weighted by atomic mass is 35.5. The van der Waals surface area contributed by atoms with Gasteiger partial charge in [0.05, 0.1) is 5.69 Å². The average Bonchev–Trinajstić information content (AvgIpc) is 2.59. The topological polar surface area (TPSA) is 58.6 Å². The number of carbonyl (C=O) groups is 2. The highest BCUT2D eigenvalue weighted by molar-refractivity contribution is 6.30. The van der Waals surface area contributed by atoms with Gasteiger partial charge in [0.15, 0.2) is 6.10 Å². The zero-order valence-corrected chi connectivity index (χ0v) is 13.9. The van der Waals surface area contributed by atoms with E-state index >= 15 is 0 Å². The molecule has 2 aromatic rings. The molecule has 1 N–H and O–H groups in total. The second-order valence-electron chi connectivity index (χ2n) is 5.53. The van der Waals surface area contributed by atoms with Crippen LogP contribution >= 0.6 is 11.6 Å². The van der Waals surface area contributed by atoms with Gasteiger partial charge in [0.2, 0.25) is 0 Å². The lowest BCUT2D eigenvalue weighted by Crippen LogP contribution is -2.45. The Kier molecular flexibility index (Phi) is 4.71. The number of para-hydroxylation sites is 2. The molecule has 124 valence electrons. The third kappa shape index (κ3) is 3.36. The minimum Gasteiger partial charge on any atom is -0.478 e. The summed E-state index contributed by atoms with van der Waals surface area (Å²) >= 11 is 5.88. The van der Waals surface area contributed by atoms with Crippen LogP contribution in [0.4, 0.5) is 5.69 Å². The number of hydrogen-bond donors (Lipinski definition) is 1. The number of halogens is 1. The van der Waals surface area contributed by atoms with Crippen LogP contribution in [0.3, 0.4) is 0 Å². The number of benzene rings is 2. The van der Waals surface area contributed by atoms with Gasteiger partial charge >= 0.3 is 0 Å². The summed E-state index contributed by atoms with van der Waals surface area (Å²) in [6, 6.07) is 14.1. The van der Waals surface area contributed by atoms with Gasteiger partial charge < -0.3 is 15.0 Å². The summed E-state index contributed by atoms with van der Waals surface area (Å²) < 4.78 is 5.76. The van der Waals surface area contributed by atoms with Gasteiger partial charge in [-0.3, -0.25) is 9.59 Å². The third-order valence-corrected chi connectivity index (χ3v) is 4.12. The van der Waals surface area contributed by atoms with E-state index in [4.69, 9.17) is 16.3 Å². The number of hydrogen-bond acceptors (Lipinski definition) is 3. The number of anilines is 1. The van der Waals surface area contributed by atoms with E-state index in [1.54, 1.807) is 36.2 Å². The average molecular weight is 345 g/mol. The molecule has 24 heavy (non-hydrogen) atoms. The Bertz CT molecular complexity index is 778. The monoisotopic (exact) mass is 344 g/mol. The summed E-state index contributed by atoms with van der Waals surface area (Å²) in [6.07, 6.45) is -0.214. The van der Waals surface area contributed by atoms with Crippen LogP contribution in [0.15, 0.2) is 48.5 Å². The Morgan fingerprint density at radius 2 is 2.04 bits per heavy atom. The van der Waals surface area contributed by atoms with Gasteiger partial charge in [-0.1, -0.05) is 29.8 Å². The largest absolute Gasteiger partial charge is 0.478 e. The standard InChI is InChI=1S/C18H17ClN2O3/c1-21-14-7-2-3-8-15(14)24-16(18(21)23)9-10-20-17(22)12-5-4-6-13(19)11-12/h2-8,11,16H,9-10H2,1H3,(H,20,22). The number of nitrogens with zero attached hydrogens (tertiary/aromatic N) is 1. The number of likely N-dealkylation sites (N-methyl/N-ethyl adjacent to an activating group) is 1. The molecule has 0 saturated heterocycles. The molecule has 0 fully saturated rings. The molecule has 3 rings (SSSR count). The maximum absolute atomic E-state index is 12.3. The quantitative estimate of drug-likeness (QED) is 0.927. The van der Waals surface area contributed by atoms with Crippen LogP contribution < -0.4 is 15.0 Å². The first-order chi connectivity index (χ1) is 11.6. The fourth-order valence-corrected chi connectivity index (χ4v) is 2.79. The van der Waals surface area contributed by atoms with E-state index in [-0.39, 0.29) is 11.8 Å². The predicted octanol–water partition coefficient (Wildman–Crippen LogP) is 2.88. The molecule has 2 amide bonds. The molecule has 2 aromatic carbocycles. The van der Waals surface area contributed by atoms with Crippen molar-refractivity contribution in [2.24, 2.45) is 0 Å². The van der Waals surface area contributed by atoms with E-state index in [1.807, 2.05) is 24.3 Å². The van der Waals surface area contributed by atoms with Crippen molar-refractivity contribution < 1.29 is 14.3 Å². The zero-order valence-electron chi connectivity index (χ0n) is 13.2. The SMILES string of the molecule is CN1C(=O)C(CCNC(=O)c2cccc(Cl)c2)Oc2ccccc21. The van der Waals surface area contributed by atoms with Gasteiger partial charge in [-0.05, 0) is 30.3 Å². The fraction of sp³-hybridized carbons (Fsp3) is 0.222. The second-order valence-corrected chi connectivity index (χ2v) is 5.96. The molecule has 0 aromatic heterocycles. The summed E-state index contributed by atoms with van der Waals surface area (Å²) in [4.78, 5) is 26.0. The van der Waals surface area contributed by atoms with Gasteiger partial charge in [-0.2, -0.15) is 0 Å². The van der Waals surface area contributed by atoms with E-state index < -0.39 is 6.10 Å². The van der Waals surface area contributed by atoms with Crippen molar-refractivity contribution in [3.05, 3.63) is 59.1 Å². The van der Waals surface area contributed by atoms with Gasteiger partial charge in [0.25, 0.3) is 11.8 Å². The van der Waals surface area contributed by atoms with Crippen LogP contribution in [-0.2, 0) is 4.79 Å². The van der Waals surface area contributed by atoms with Crippen LogP contribution in [0.5, 0.6) is 5.75 Å². The van der Waals surface area contributed by atoms with E-state index in [0.29, 0.717) is 29.3 Å². The molecule has 1 atom stereocenters. The van der Waals surface area contributed by atoms with Crippen molar-refractivity contribution in [3.63, 3.8) is 0 Å². The number of ether oxygens (including phenoxy) is 1. The van der Waals surface area contributed by atoms with Crippen LogP contribution in [0.25, 0.3) is 0 Å². The minimum atomic E-state index is -0.607. The van der Waals surface area contributed by atoms with Gasteiger partial charge in [0, 0.05) is 30.6 Å². The lowest BCUT2D eigenvalue weighted by Gasteiger charge is -2.31. The van der Waals surface area contributed by atoms with Crippen LogP contribution in [-0.4, -0.2) is 31.5 Å². The fourth-order valence-electron chi connectivity index (χ4n) is 2.60. The molecule has 1 aliphatic heterocycles. The van der Waals surface area contributed by atoms with Crippen molar-refractivity contribution in [1.29, 1.82) is 0 Å². The van der Waals surface area contributed by atoms with Gasteiger partial charge in [0.1, 0.15) is 5.75 Å². The molecular formula is C18H17ClN2O3. The van der Waals surface area contributed by atoms with Gasteiger partial charge in [-0.25, -0.2) is 0 Å². The highest BCUT2D eigenvalue weighted by Crippen LogP contribution is 2.33. The van der Waals surface area contributed by atoms with Gasteiger partial charge in [-0.15, -0.1) is 0 Å². The number of carbonyl (C=O) groups excluding carboxylic acids is 2. The van der Waals surface area contributed by atoms with Crippen LogP contribution in [0.1, 0.15) is 16.8 Å². The Morgan fingerprint density at radius 1 is 1.25 bits per heavy atom. The Balaban J connectivity index is 1.59. The highest BCUT2D eigenvalue weighted by Gasteiger charge is 2.31. The molecule has 0 aliphatic carbocycles. The van der Waals surface area contributed by atoms with E-state index in [0.717, 1.165) is 5.69 Å². The normalized spacial score (nSPS) is 16.3. The predicted molar refractivity (Wildman–Crippen MR) is 92.7 cm³/mol. The van der Waals surface area contributed by atoms with E-state index in [9.17, 15) is 9.59 Å². The maximum atomic E-state index is 12.3. The second kappa shape index (κ2) is 6.93. The molecule has 0 radical (unpaired) electrons. The Morgan fingerprint density at radius 3 is 2.83 bits per heavy atom. The zero-order chi connectivity index (χ0) is 17.1. The van der Waals surface area contributed by atoms with Crippen molar-refractivity contribution in [2.75, 3.05) is 18.5 Å². The van der Waals surface area contributed by atoms with Crippen molar-refractivity contribution >= 4 is 29.1 Å². The summed E-state index contributed by atoms with van der Waals surface area (Å²) in [6.45, 7) is 0.331. The first-order valence-electron chi connectivity index (χ1n) is 7.63. The molecule has 0 bridgehead atoms. The van der Waals surface area contributed by atoms with Crippen LogP contribution in [0.2, 0.25) is 5.02 Å². The molecule has 0 saturated carbocycles. The molecule has 1 unspecified atom stereocenters. The number of amides is 2. The lowest BCUT2D eigenvalue weighted by atomic mass is 10.1. The molecule has 1 aliphatic rings. The van der Waals surface area contributed by atoms with Crippen molar-refractivity contribution in [2.45, 2.75) is 12.5 Å². The third-order valence-electron chi connectivity index (χ3n) is 3.88. The summed E-state index contributed by atoms with van der Waals surface area (Å²) in [5.74, 6) is 0.325. The number of fused-ring (bicyclic) bond motifs is 1. The summed E-state index contributed by atoms with van der Waals surface area (Å²) in [5.41, 5.74) is 1.24. The molecule has 1 heterocycles. The Hall–Kier alpha value is -2.53. The number of rotatable bonds is 4. The smallest absolute Gasteiger partial charge is 0.267 e. The first kappa shape index (κ1) is 16.3. The van der Waals surface area contributed by atoms with Crippen molar-refractivity contribution in [3.8, 4) is 5.75 Å². The number of nitrogens with one attached hydrogen (secondary N) is 1. The van der Waals surface area contributed by atoms with E-state index in [1.165, 1.54) is 0 Å².